The zero-order chi connectivity index (χ0) is 22.8. The molecule has 1 saturated carbocycles. The maximum atomic E-state index is 13.0. The lowest BCUT2D eigenvalue weighted by atomic mass is 9.83. The Morgan fingerprint density at radius 2 is 2.06 bits per heavy atom. The Labute approximate surface area is 179 Å². The molecule has 1 aromatic heterocycles. The molecule has 8 nitrogen and oxygen atoms in total. The fourth-order valence-electron chi connectivity index (χ4n) is 3.31. The van der Waals surface area contributed by atoms with E-state index in [0.717, 1.165) is 11.1 Å². The molecule has 1 aliphatic carbocycles. The highest BCUT2D eigenvalue weighted by atomic mass is 32.2. The van der Waals surface area contributed by atoms with E-state index in [9.17, 15) is 22.3 Å². The van der Waals surface area contributed by atoms with Crippen LogP contribution < -0.4 is 15.1 Å². The summed E-state index contributed by atoms with van der Waals surface area (Å²) in [4.78, 5) is 4.03. The summed E-state index contributed by atoms with van der Waals surface area (Å²) in [6.07, 6.45) is 2.54. The second-order valence-corrected chi connectivity index (χ2v) is 9.40. The van der Waals surface area contributed by atoms with Gasteiger partial charge in [0.15, 0.2) is 0 Å². The van der Waals surface area contributed by atoms with Gasteiger partial charge in [0.1, 0.15) is 0 Å². The molecule has 31 heavy (non-hydrogen) atoms. The highest BCUT2D eigenvalue weighted by Gasteiger charge is 2.46. The van der Waals surface area contributed by atoms with Gasteiger partial charge in [-0.25, -0.2) is 17.2 Å². The van der Waals surface area contributed by atoms with Gasteiger partial charge < -0.3 is 10.4 Å². The molecular weight excluding hydrogens is 428 g/mol. The summed E-state index contributed by atoms with van der Waals surface area (Å²) in [6.45, 7) is 1.52. The minimum Gasteiger partial charge on any atom is -0.857 e. The van der Waals surface area contributed by atoms with Crippen LogP contribution in [0.1, 0.15) is 19.8 Å². The van der Waals surface area contributed by atoms with E-state index < -0.39 is 46.4 Å². The molecule has 11 heteroatoms. The van der Waals surface area contributed by atoms with Crippen LogP contribution in [-0.4, -0.2) is 42.8 Å². The number of halogens is 2. The molecule has 0 atom stereocenters. The van der Waals surface area contributed by atoms with Crippen LogP contribution in [0.2, 0.25) is 0 Å². The molecule has 2 aromatic rings. The van der Waals surface area contributed by atoms with Crippen LogP contribution in [-0.2, 0) is 17.1 Å². The van der Waals surface area contributed by atoms with Gasteiger partial charge in [-0.1, -0.05) is 12.1 Å². The second kappa shape index (κ2) is 8.66. The Morgan fingerprint density at radius 1 is 1.35 bits per heavy atom. The number of allylic oxidation sites excluding steroid dienone is 1. The van der Waals surface area contributed by atoms with E-state index in [0.29, 0.717) is 5.69 Å². The average molecular weight is 453 g/mol. The number of hydrogen-bond acceptors (Lipinski definition) is 6. The Bertz CT molecular complexity index is 1120. The molecule has 1 fully saturated rings. The van der Waals surface area contributed by atoms with Crippen LogP contribution in [0, 0.1) is 5.92 Å². The summed E-state index contributed by atoms with van der Waals surface area (Å²) in [6, 6.07) is 6.87. The number of hydrogen-bond donors (Lipinski definition) is 2. The first-order valence-corrected chi connectivity index (χ1v) is 11.3. The quantitative estimate of drug-likeness (QED) is 0.469. The van der Waals surface area contributed by atoms with Crippen molar-refractivity contribution in [1.29, 1.82) is 0 Å². The monoisotopic (exact) mass is 452 g/mol. The molecule has 0 amide bonds. The third-order valence-corrected chi connectivity index (χ3v) is 6.39. The Kier molecular flexibility index (Phi) is 6.35. The van der Waals surface area contributed by atoms with E-state index in [1.165, 1.54) is 14.0 Å². The highest BCUT2D eigenvalue weighted by Crippen LogP contribution is 2.42. The van der Waals surface area contributed by atoms with Crippen molar-refractivity contribution < 1.29 is 22.3 Å². The van der Waals surface area contributed by atoms with Crippen molar-refractivity contribution >= 4 is 21.6 Å². The number of aryl methyl sites for hydroxylation is 1. The molecule has 0 spiro atoms. The van der Waals surface area contributed by atoms with Crippen molar-refractivity contribution in [2.24, 2.45) is 18.0 Å². The van der Waals surface area contributed by atoms with E-state index in [1.807, 2.05) is 12.3 Å². The van der Waals surface area contributed by atoms with Crippen molar-refractivity contribution in [2.75, 3.05) is 12.8 Å². The maximum absolute atomic E-state index is 13.0. The highest BCUT2D eigenvalue weighted by molar-refractivity contribution is 7.89. The van der Waals surface area contributed by atoms with E-state index in [2.05, 4.69) is 20.1 Å². The minimum absolute atomic E-state index is 0.250. The average Bonchev–Trinajstić information content (AvgIpc) is 3.10. The predicted octanol–water partition coefficient (Wildman–Crippen LogP) is 1.89. The standard InChI is InChI=1S/C20H25F2N5O3S/c1-13(23-2)18(26-31(29,30)12-14-8-20(21,22)9-14)19(28)25-17-6-4-5-15(7-17)16-10-24-27(3)11-16/h4-7,10-11,14,23,26H,8-9,12H2,1-3H3,(H,25,28)/p-1/b18-13+. The van der Waals surface area contributed by atoms with Gasteiger partial charge in [-0.3, -0.25) is 14.4 Å². The van der Waals surface area contributed by atoms with Gasteiger partial charge >= 0.3 is 0 Å². The van der Waals surface area contributed by atoms with Gasteiger partial charge in [-0.05, 0) is 30.5 Å². The molecule has 2 N–H and O–H groups in total. The van der Waals surface area contributed by atoms with Crippen LogP contribution in [0.3, 0.4) is 0 Å². The minimum atomic E-state index is -4.00. The number of sulfonamides is 1. The molecule has 1 aliphatic rings. The lowest BCUT2D eigenvalue weighted by Crippen LogP contribution is -2.43. The Hall–Kier alpha value is -2.95. The molecule has 0 aliphatic heterocycles. The third-order valence-electron chi connectivity index (χ3n) is 4.97. The van der Waals surface area contributed by atoms with Crippen molar-refractivity contribution in [2.45, 2.75) is 25.7 Å². The molecule has 1 aromatic carbocycles. The summed E-state index contributed by atoms with van der Waals surface area (Å²) in [5, 5.41) is 19.6. The van der Waals surface area contributed by atoms with Crippen molar-refractivity contribution in [1.82, 2.24) is 19.8 Å². The molecule has 1 heterocycles. The molecular formula is C20H24F2N5O3S-. The predicted molar refractivity (Wildman–Crippen MR) is 112 cm³/mol. The normalized spacial score (nSPS) is 17.6. The van der Waals surface area contributed by atoms with Crippen molar-refractivity contribution in [3.8, 4) is 11.1 Å². The van der Waals surface area contributed by atoms with E-state index in [1.54, 1.807) is 36.1 Å². The summed E-state index contributed by atoms with van der Waals surface area (Å²) in [7, 11) is -0.683. The van der Waals surface area contributed by atoms with E-state index in [4.69, 9.17) is 0 Å². The van der Waals surface area contributed by atoms with Gasteiger partial charge in [0.2, 0.25) is 15.9 Å². The van der Waals surface area contributed by atoms with Crippen molar-refractivity contribution in [3.63, 3.8) is 0 Å². The van der Waals surface area contributed by atoms with Crippen LogP contribution in [0.4, 0.5) is 14.5 Å². The Morgan fingerprint density at radius 3 is 2.65 bits per heavy atom. The molecule has 168 valence electrons. The fourth-order valence-corrected chi connectivity index (χ4v) is 4.81. The first kappa shape index (κ1) is 22.7. The van der Waals surface area contributed by atoms with Gasteiger partial charge in [0.05, 0.1) is 23.3 Å². The smallest absolute Gasteiger partial charge is 0.248 e. The molecule has 0 bridgehead atoms. The molecule has 0 saturated heterocycles. The van der Waals surface area contributed by atoms with Crippen LogP contribution in [0.15, 0.2) is 53.0 Å². The van der Waals surface area contributed by atoms with Crippen LogP contribution in [0.5, 0.6) is 0 Å². The number of aromatic nitrogens is 2. The van der Waals surface area contributed by atoms with Gasteiger partial charge in [0.25, 0.3) is 0 Å². The molecule has 3 rings (SSSR count). The number of benzene rings is 1. The maximum Gasteiger partial charge on any atom is 0.248 e. The summed E-state index contributed by atoms with van der Waals surface area (Å²) >= 11 is 0. The number of nitrogens with one attached hydrogen (secondary N) is 2. The number of alkyl halides is 2. The first-order chi connectivity index (χ1) is 14.5. The number of nitrogens with zero attached hydrogens (tertiary/aromatic N) is 3. The van der Waals surface area contributed by atoms with E-state index in [-0.39, 0.29) is 11.4 Å². The van der Waals surface area contributed by atoms with Crippen LogP contribution >= 0.6 is 0 Å². The van der Waals surface area contributed by atoms with Gasteiger partial charge in [0, 0.05) is 50.3 Å². The molecule has 0 unspecified atom stereocenters. The summed E-state index contributed by atoms with van der Waals surface area (Å²) < 4.78 is 54.8. The largest absolute Gasteiger partial charge is 0.857 e. The lowest BCUT2D eigenvalue weighted by Gasteiger charge is -2.34. The third kappa shape index (κ3) is 5.81. The van der Waals surface area contributed by atoms with Crippen molar-refractivity contribution in [3.05, 3.63) is 48.1 Å². The number of rotatable bonds is 8. The topological polar surface area (TPSA) is 111 Å². The van der Waals surface area contributed by atoms with E-state index >= 15 is 0 Å². The lowest BCUT2D eigenvalue weighted by molar-refractivity contribution is -0.213. The van der Waals surface area contributed by atoms with Crippen LogP contribution in [0.25, 0.3) is 11.1 Å². The van der Waals surface area contributed by atoms with Gasteiger partial charge in [-0.2, -0.15) is 5.10 Å². The second-order valence-electron chi connectivity index (χ2n) is 7.63. The zero-order valence-electron chi connectivity index (χ0n) is 17.4. The summed E-state index contributed by atoms with van der Waals surface area (Å²) in [5.74, 6) is -4.73. The summed E-state index contributed by atoms with van der Waals surface area (Å²) in [5.41, 5.74) is 1.99. The fraction of sp³-hybridized carbons (Fsp3) is 0.400. The zero-order valence-corrected chi connectivity index (χ0v) is 18.2. The van der Waals surface area contributed by atoms with Gasteiger partial charge in [-0.15, -0.1) is 0 Å². The number of aliphatic imine (C=N–C) groups is 1. The first-order valence-electron chi connectivity index (χ1n) is 9.60. The SMILES string of the molecule is CN/C(C)=C(/NS(=O)(=O)CC1CC(F)(F)C1)C([O-])=Nc1cccc(-c2cnn(C)c2)c1. The molecule has 0 radical (unpaired) electrons. The Balaban J connectivity index is 1.82.